The minimum absolute atomic E-state index is 0.00810. The van der Waals surface area contributed by atoms with Gasteiger partial charge in [0.05, 0.1) is 23.6 Å². The van der Waals surface area contributed by atoms with E-state index in [2.05, 4.69) is 25.2 Å². The summed E-state index contributed by atoms with van der Waals surface area (Å²) in [6.45, 7) is 0. The molecule has 0 radical (unpaired) electrons. The summed E-state index contributed by atoms with van der Waals surface area (Å²) in [7, 11) is 3.73. The molecular formula is C7H10N6S. The second-order valence-corrected chi connectivity index (χ2v) is 3.44. The molecule has 0 saturated heterocycles. The fraction of sp³-hybridized carbons (Fsp3) is 0.429. The first-order chi connectivity index (χ1) is 6.83. The Morgan fingerprint density at radius 1 is 1.57 bits per heavy atom. The first-order valence-electron chi connectivity index (χ1n) is 4.11. The number of hydrogen-bond donors (Lipinski definition) is 1. The molecule has 1 unspecified atom stereocenters. The monoisotopic (exact) mass is 210 g/mol. The number of aryl methyl sites for hydroxylation is 1. The summed E-state index contributed by atoms with van der Waals surface area (Å²) in [6.07, 6.45) is 1.72. The smallest absolute Gasteiger partial charge is 0.0986 e. The van der Waals surface area contributed by atoms with Gasteiger partial charge in [-0.15, -0.1) is 10.2 Å². The van der Waals surface area contributed by atoms with E-state index in [0.717, 1.165) is 11.4 Å². The van der Waals surface area contributed by atoms with Gasteiger partial charge in [-0.3, -0.25) is 4.68 Å². The molecule has 0 spiro atoms. The molecule has 0 fully saturated rings. The molecule has 0 aliphatic rings. The van der Waals surface area contributed by atoms with Crippen molar-refractivity contribution >= 4 is 11.5 Å². The summed E-state index contributed by atoms with van der Waals surface area (Å²) in [6, 6.07) is 0.00810. The SMILES string of the molecule is CNC(c1csnn1)c1cnnn1C. The Hall–Kier alpha value is -1.34. The van der Waals surface area contributed by atoms with Crippen molar-refractivity contribution in [2.75, 3.05) is 7.05 Å². The Bertz CT molecular complexity index is 394. The Kier molecular flexibility index (Phi) is 2.51. The standard InChI is InChI=1S/C7H10N6S/c1-8-7(5-4-14-12-10-5)6-3-9-11-13(6)2/h3-4,7-8H,1-2H3. The molecule has 6 nitrogen and oxygen atoms in total. The van der Waals surface area contributed by atoms with E-state index in [1.807, 2.05) is 19.5 Å². The highest BCUT2D eigenvalue weighted by atomic mass is 32.1. The maximum absolute atomic E-state index is 4.02. The van der Waals surface area contributed by atoms with E-state index in [1.54, 1.807) is 10.9 Å². The van der Waals surface area contributed by atoms with Gasteiger partial charge >= 0.3 is 0 Å². The van der Waals surface area contributed by atoms with Crippen molar-refractivity contribution in [2.24, 2.45) is 7.05 Å². The van der Waals surface area contributed by atoms with Crippen molar-refractivity contribution in [1.82, 2.24) is 29.9 Å². The second-order valence-electron chi connectivity index (χ2n) is 2.83. The van der Waals surface area contributed by atoms with Gasteiger partial charge in [0.15, 0.2) is 0 Å². The summed E-state index contributed by atoms with van der Waals surface area (Å²) < 4.78 is 5.55. The van der Waals surface area contributed by atoms with Crippen LogP contribution in [0, 0.1) is 0 Å². The van der Waals surface area contributed by atoms with Gasteiger partial charge in [-0.25, -0.2) is 0 Å². The third-order valence-corrected chi connectivity index (χ3v) is 2.53. The largest absolute Gasteiger partial charge is 0.307 e. The molecule has 0 bridgehead atoms. The minimum Gasteiger partial charge on any atom is -0.307 e. The third kappa shape index (κ3) is 1.51. The Morgan fingerprint density at radius 3 is 2.93 bits per heavy atom. The van der Waals surface area contributed by atoms with Gasteiger partial charge in [-0.2, -0.15) is 0 Å². The van der Waals surface area contributed by atoms with Crippen LogP contribution in [0.3, 0.4) is 0 Å². The number of aromatic nitrogens is 5. The first-order valence-corrected chi connectivity index (χ1v) is 4.95. The van der Waals surface area contributed by atoms with Gasteiger partial charge in [0, 0.05) is 12.4 Å². The van der Waals surface area contributed by atoms with Crippen LogP contribution >= 0.6 is 11.5 Å². The zero-order chi connectivity index (χ0) is 9.97. The molecule has 1 N–H and O–H groups in total. The van der Waals surface area contributed by atoms with Gasteiger partial charge in [0.1, 0.15) is 0 Å². The van der Waals surface area contributed by atoms with E-state index in [9.17, 15) is 0 Å². The van der Waals surface area contributed by atoms with Crippen LogP contribution in [-0.2, 0) is 7.05 Å². The Morgan fingerprint density at radius 2 is 2.43 bits per heavy atom. The van der Waals surface area contributed by atoms with Crippen LogP contribution in [0.5, 0.6) is 0 Å². The van der Waals surface area contributed by atoms with Crippen LogP contribution in [0.1, 0.15) is 17.4 Å². The zero-order valence-corrected chi connectivity index (χ0v) is 8.69. The van der Waals surface area contributed by atoms with Gasteiger partial charge in [-0.1, -0.05) is 9.70 Å². The lowest BCUT2D eigenvalue weighted by Crippen LogP contribution is -2.20. The lowest BCUT2D eigenvalue weighted by atomic mass is 10.2. The molecule has 7 heteroatoms. The zero-order valence-electron chi connectivity index (χ0n) is 7.88. The molecule has 74 valence electrons. The van der Waals surface area contributed by atoms with Crippen molar-refractivity contribution < 1.29 is 0 Å². The molecule has 14 heavy (non-hydrogen) atoms. The summed E-state index contributed by atoms with van der Waals surface area (Å²) in [5.74, 6) is 0. The van der Waals surface area contributed by atoms with E-state index in [1.165, 1.54) is 11.5 Å². The highest BCUT2D eigenvalue weighted by Gasteiger charge is 2.18. The van der Waals surface area contributed by atoms with E-state index in [0.29, 0.717) is 0 Å². The molecule has 2 rings (SSSR count). The molecule has 0 aliphatic carbocycles. The molecule has 0 amide bonds. The van der Waals surface area contributed by atoms with Crippen molar-refractivity contribution in [3.05, 3.63) is 23.0 Å². The normalized spacial score (nSPS) is 13.0. The molecule has 2 aromatic rings. The number of rotatable bonds is 3. The van der Waals surface area contributed by atoms with Crippen LogP contribution in [0.2, 0.25) is 0 Å². The predicted molar refractivity (Wildman–Crippen MR) is 51.8 cm³/mol. The van der Waals surface area contributed by atoms with Crippen molar-refractivity contribution in [3.8, 4) is 0 Å². The third-order valence-electron chi connectivity index (χ3n) is 2.01. The van der Waals surface area contributed by atoms with Gasteiger partial charge in [-0.05, 0) is 18.6 Å². The topological polar surface area (TPSA) is 68.5 Å². The highest BCUT2D eigenvalue weighted by molar-refractivity contribution is 7.03. The summed E-state index contributed by atoms with van der Waals surface area (Å²) in [5, 5.41) is 16.8. The number of nitrogens with one attached hydrogen (secondary N) is 1. The second kappa shape index (κ2) is 3.81. The molecule has 2 heterocycles. The Labute approximate surface area is 85.1 Å². The average molecular weight is 210 g/mol. The van der Waals surface area contributed by atoms with E-state index >= 15 is 0 Å². The van der Waals surface area contributed by atoms with E-state index < -0.39 is 0 Å². The van der Waals surface area contributed by atoms with E-state index in [-0.39, 0.29) is 6.04 Å². The Balaban J connectivity index is 2.36. The summed E-state index contributed by atoms with van der Waals surface area (Å²) >= 11 is 1.34. The van der Waals surface area contributed by atoms with Gasteiger partial charge < -0.3 is 5.32 Å². The predicted octanol–water partition coefficient (Wildman–Crippen LogP) is -0.0246. The van der Waals surface area contributed by atoms with Crippen LogP contribution in [0.4, 0.5) is 0 Å². The van der Waals surface area contributed by atoms with Gasteiger partial charge in [0.2, 0.25) is 0 Å². The van der Waals surface area contributed by atoms with E-state index in [4.69, 9.17) is 0 Å². The fourth-order valence-electron chi connectivity index (χ4n) is 1.30. The van der Waals surface area contributed by atoms with Crippen LogP contribution in [-0.4, -0.2) is 31.6 Å². The van der Waals surface area contributed by atoms with Crippen LogP contribution in [0.25, 0.3) is 0 Å². The number of hydrogen-bond acceptors (Lipinski definition) is 6. The van der Waals surface area contributed by atoms with Crippen LogP contribution < -0.4 is 5.32 Å². The minimum atomic E-state index is 0.00810. The maximum atomic E-state index is 4.02. The lowest BCUT2D eigenvalue weighted by molar-refractivity contribution is 0.586. The number of nitrogens with zero attached hydrogens (tertiary/aromatic N) is 5. The maximum Gasteiger partial charge on any atom is 0.0986 e. The summed E-state index contributed by atoms with van der Waals surface area (Å²) in [5.41, 5.74) is 1.86. The quantitative estimate of drug-likeness (QED) is 0.770. The molecule has 0 aliphatic heterocycles. The van der Waals surface area contributed by atoms with Crippen LogP contribution in [0.15, 0.2) is 11.6 Å². The van der Waals surface area contributed by atoms with Crippen molar-refractivity contribution in [1.29, 1.82) is 0 Å². The molecule has 0 aromatic carbocycles. The van der Waals surface area contributed by atoms with Crippen molar-refractivity contribution in [2.45, 2.75) is 6.04 Å². The first kappa shape index (κ1) is 9.22. The summed E-state index contributed by atoms with van der Waals surface area (Å²) in [4.78, 5) is 0. The van der Waals surface area contributed by atoms with Gasteiger partial charge in [0.25, 0.3) is 0 Å². The molecular weight excluding hydrogens is 200 g/mol. The fourth-order valence-corrected chi connectivity index (χ4v) is 1.78. The lowest BCUT2D eigenvalue weighted by Gasteiger charge is -2.11. The molecule has 2 aromatic heterocycles. The molecule has 0 saturated carbocycles. The average Bonchev–Trinajstić information content (AvgIpc) is 2.80. The highest BCUT2D eigenvalue weighted by Crippen LogP contribution is 2.18. The molecule has 1 atom stereocenters. The van der Waals surface area contributed by atoms with Crippen molar-refractivity contribution in [3.63, 3.8) is 0 Å².